The molecule has 2 aliphatic rings. The molecule has 0 bridgehead atoms. The zero-order chi connectivity index (χ0) is 11.1. The van der Waals surface area contributed by atoms with Gasteiger partial charge in [0.15, 0.2) is 0 Å². The summed E-state index contributed by atoms with van der Waals surface area (Å²) in [6.45, 7) is 2.46. The van der Waals surface area contributed by atoms with Crippen LogP contribution in [0, 0.1) is 0 Å². The van der Waals surface area contributed by atoms with Crippen LogP contribution in [0.4, 0.5) is 11.4 Å². The first kappa shape index (κ1) is 9.93. The van der Waals surface area contributed by atoms with E-state index in [0.29, 0.717) is 11.6 Å². The van der Waals surface area contributed by atoms with Gasteiger partial charge in [0.1, 0.15) is 6.04 Å². The third kappa shape index (κ3) is 1.45. The Morgan fingerprint density at radius 3 is 3.19 bits per heavy atom. The minimum atomic E-state index is -0.0950. The maximum absolute atomic E-state index is 11.9. The highest BCUT2D eigenvalue weighted by Crippen LogP contribution is 2.34. The zero-order valence-corrected chi connectivity index (χ0v) is 9.42. The maximum atomic E-state index is 11.9. The average molecular weight is 238 g/mol. The van der Waals surface area contributed by atoms with Gasteiger partial charge in [0.25, 0.3) is 0 Å². The van der Waals surface area contributed by atoms with Crippen LogP contribution in [0.25, 0.3) is 0 Å². The van der Waals surface area contributed by atoms with Crippen LogP contribution in [0.3, 0.4) is 0 Å². The number of benzene rings is 1. The van der Waals surface area contributed by atoms with Gasteiger partial charge in [-0.05, 0) is 18.2 Å². The molecule has 2 N–H and O–H groups in total. The maximum Gasteiger partial charge on any atom is 0.248 e. The summed E-state index contributed by atoms with van der Waals surface area (Å²) < 4.78 is 0. The highest BCUT2D eigenvalue weighted by Gasteiger charge is 2.34. The van der Waals surface area contributed by atoms with Gasteiger partial charge in [-0.3, -0.25) is 4.79 Å². The molecule has 84 valence electrons. The molecule has 0 saturated carbocycles. The number of carbonyl (C=O) groups is 1. The predicted octanol–water partition coefficient (Wildman–Crippen LogP) is 1.07. The van der Waals surface area contributed by atoms with E-state index in [-0.39, 0.29) is 11.9 Å². The van der Waals surface area contributed by atoms with Crippen molar-refractivity contribution in [2.45, 2.75) is 6.04 Å². The van der Waals surface area contributed by atoms with E-state index in [2.05, 4.69) is 15.5 Å². The number of halogens is 1. The number of piperazine rings is 1. The fourth-order valence-electron chi connectivity index (χ4n) is 2.30. The molecule has 0 aromatic heterocycles. The van der Waals surface area contributed by atoms with Crippen molar-refractivity contribution in [2.24, 2.45) is 0 Å². The molecule has 0 spiro atoms. The molecule has 1 aromatic rings. The van der Waals surface area contributed by atoms with Gasteiger partial charge in [-0.25, -0.2) is 0 Å². The van der Waals surface area contributed by atoms with E-state index in [1.54, 1.807) is 6.07 Å². The topological polar surface area (TPSA) is 44.4 Å². The van der Waals surface area contributed by atoms with Crippen LogP contribution in [0.15, 0.2) is 18.2 Å². The largest absolute Gasteiger partial charge is 0.356 e. The first-order valence-corrected chi connectivity index (χ1v) is 5.71. The quantitative estimate of drug-likeness (QED) is 0.710. The van der Waals surface area contributed by atoms with E-state index in [0.717, 1.165) is 24.5 Å². The van der Waals surface area contributed by atoms with Crippen molar-refractivity contribution in [1.82, 2.24) is 5.32 Å². The van der Waals surface area contributed by atoms with E-state index >= 15 is 0 Å². The van der Waals surface area contributed by atoms with Gasteiger partial charge in [-0.1, -0.05) is 11.6 Å². The number of hydrogen-bond acceptors (Lipinski definition) is 3. The van der Waals surface area contributed by atoms with E-state index in [9.17, 15) is 4.79 Å². The standard InChI is InChI=1S/C11H12ClN3O/c12-7-1-2-9-8(5-7)14-11(16)10-6-13-3-4-15(9)10/h1-2,5,10,13H,3-4,6H2,(H,14,16). The molecule has 1 amide bonds. The second kappa shape index (κ2) is 3.64. The molecule has 2 aliphatic heterocycles. The SMILES string of the molecule is O=C1Nc2cc(Cl)ccc2N2CCNCC12. The van der Waals surface area contributed by atoms with E-state index < -0.39 is 0 Å². The molecular weight excluding hydrogens is 226 g/mol. The van der Waals surface area contributed by atoms with Crippen LogP contribution in [-0.2, 0) is 4.79 Å². The van der Waals surface area contributed by atoms with E-state index in [1.165, 1.54) is 0 Å². The number of fused-ring (bicyclic) bond motifs is 3. The van der Waals surface area contributed by atoms with Crippen LogP contribution in [0.2, 0.25) is 5.02 Å². The van der Waals surface area contributed by atoms with Gasteiger partial charge in [0, 0.05) is 24.7 Å². The number of hydrogen-bond donors (Lipinski definition) is 2. The lowest BCUT2D eigenvalue weighted by molar-refractivity contribution is -0.117. The Balaban J connectivity index is 2.06. The normalized spacial score (nSPS) is 23.4. The van der Waals surface area contributed by atoms with Crippen LogP contribution in [-0.4, -0.2) is 31.6 Å². The fourth-order valence-corrected chi connectivity index (χ4v) is 2.47. The van der Waals surface area contributed by atoms with Crippen molar-refractivity contribution in [3.05, 3.63) is 23.2 Å². The Hall–Kier alpha value is -1.26. The molecule has 1 unspecified atom stereocenters. The summed E-state index contributed by atoms with van der Waals surface area (Å²) in [5.74, 6) is 0.0435. The molecule has 1 aromatic carbocycles. The first-order valence-electron chi connectivity index (χ1n) is 5.33. The number of carbonyl (C=O) groups excluding carboxylic acids is 1. The van der Waals surface area contributed by atoms with Crippen molar-refractivity contribution in [3.8, 4) is 0 Å². The average Bonchev–Trinajstić information content (AvgIpc) is 2.29. The smallest absolute Gasteiger partial charge is 0.248 e. The lowest BCUT2D eigenvalue weighted by atomic mass is 10.1. The number of nitrogens with one attached hydrogen (secondary N) is 2. The zero-order valence-electron chi connectivity index (χ0n) is 8.66. The monoisotopic (exact) mass is 237 g/mol. The summed E-state index contributed by atoms with van der Waals surface area (Å²) in [7, 11) is 0. The second-order valence-corrected chi connectivity index (χ2v) is 4.50. The molecule has 0 radical (unpaired) electrons. The Labute approximate surface area is 98.6 Å². The highest BCUT2D eigenvalue weighted by molar-refractivity contribution is 6.31. The van der Waals surface area contributed by atoms with E-state index in [4.69, 9.17) is 11.6 Å². The number of rotatable bonds is 0. The minimum absolute atomic E-state index is 0.0435. The van der Waals surface area contributed by atoms with Crippen LogP contribution >= 0.6 is 11.6 Å². The van der Waals surface area contributed by atoms with Crippen LogP contribution in [0.1, 0.15) is 0 Å². The molecule has 4 nitrogen and oxygen atoms in total. The molecule has 1 saturated heterocycles. The minimum Gasteiger partial charge on any atom is -0.356 e. The Morgan fingerprint density at radius 1 is 1.44 bits per heavy atom. The molecule has 1 atom stereocenters. The van der Waals surface area contributed by atoms with Gasteiger partial charge >= 0.3 is 0 Å². The molecular formula is C11H12ClN3O. The van der Waals surface area contributed by atoms with E-state index in [1.807, 2.05) is 12.1 Å². The summed E-state index contributed by atoms with van der Waals surface area (Å²) in [5.41, 5.74) is 1.88. The van der Waals surface area contributed by atoms with Gasteiger partial charge in [-0.2, -0.15) is 0 Å². The highest BCUT2D eigenvalue weighted by atomic mass is 35.5. The van der Waals surface area contributed by atoms with Crippen molar-refractivity contribution in [3.63, 3.8) is 0 Å². The number of amides is 1. The van der Waals surface area contributed by atoms with Gasteiger partial charge < -0.3 is 15.5 Å². The summed E-state index contributed by atoms with van der Waals surface area (Å²) in [6, 6.07) is 5.53. The Kier molecular flexibility index (Phi) is 2.26. The molecule has 5 heteroatoms. The number of nitrogens with zero attached hydrogens (tertiary/aromatic N) is 1. The molecule has 1 fully saturated rings. The molecule has 2 heterocycles. The molecule has 0 aliphatic carbocycles. The summed E-state index contributed by atoms with van der Waals surface area (Å²) >= 11 is 5.92. The van der Waals surface area contributed by atoms with Crippen molar-refractivity contribution in [2.75, 3.05) is 29.9 Å². The summed E-state index contributed by atoms with van der Waals surface area (Å²) in [5, 5.41) is 6.77. The van der Waals surface area contributed by atoms with Crippen LogP contribution < -0.4 is 15.5 Å². The number of anilines is 2. The predicted molar refractivity (Wildman–Crippen MR) is 64.1 cm³/mol. The third-order valence-electron chi connectivity index (χ3n) is 3.07. The molecule has 16 heavy (non-hydrogen) atoms. The first-order chi connectivity index (χ1) is 7.75. The van der Waals surface area contributed by atoms with Gasteiger partial charge in [-0.15, -0.1) is 0 Å². The Bertz CT molecular complexity index is 449. The fraction of sp³-hybridized carbons (Fsp3) is 0.364. The van der Waals surface area contributed by atoms with Crippen molar-refractivity contribution >= 4 is 28.9 Å². The van der Waals surface area contributed by atoms with Crippen LogP contribution in [0.5, 0.6) is 0 Å². The lowest BCUT2D eigenvalue weighted by Crippen LogP contribution is -2.58. The Morgan fingerprint density at radius 2 is 2.31 bits per heavy atom. The van der Waals surface area contributed by atoms with Crippen molar-refractivity contribution in [1.29, 1.82) is 0 Å². The second-order valence-electron chi connectivity index (χ2n) is 4.06. The van der Waals surface area contributed by atoms with Crippen molar-refractivity contribution < 1.29 is 4.79 Å². The molecule has 3 rings (SSSR count). The summed E-state index contributed by atoms with van der Waals surface area (Å²) in [6.07, 6.45) is 0. The third-order valence-corrected chi connectivity index (χ3v) is 3.31. The lowest BCUT2D eigenvalue weighted by Gasteiger charge is -2.41. The summed E-state index contributed by atoms with van der Waals surface area (Å²) in [4.78, 5) is 14.0. The van der Waals surface area contributed by atoms with Gasteiger partial charge in [0.2, 0.25) is 5.91 Å². The van der Waals surface area contributed by atoms with Gasteiger partial charge in [0.05, 0.1) is 11.4 Å².